The molecule has 1 aliphatic rings. The van der Waals surface area contributed by atoms with Crippen LogP contribution in [0.3, 0.4) is 0 Å². The van der Waals surface area contributed by atoms with Crippen molar-refractivity contribution < 1.29 is 14.8 Å². The van der Waals surface area contributed by atoms with E-state index >= 15 is 0 Å². The highest BCUT2D eigenvalue weighted by molar-refractivity contribution is 5.74. The molecule has 2 rings (SSSR count). The van der Waals surface area contributed by atoms with Gasteiger partial charge in [0.1, 0.15) is 6.54 Å². The zero-order chi connectivity index (χ0) is 14.2. The van der Waals surface area contributed by atoms with Crippen LogP contribution in [0, 0.1) is 23.0 Å². The van der Waals surface area contributed by atoms with Gasteiger partial charge in [-0.1, -0.05) is 0 Å². The highest BCUT2D eigenvalue weighted by atomic mass is 16.6. The number of hydrogen-bond acceptors (Lipinski definition) is 5. The van der Waals surface area contributed by atoms with Crippen LogP contribution in [-0.2, 0) is 11.8 Å². The van der Waals surface area contributed by atoms with Gasteiger partial charge in [-0.05, 0) is 28.7 Å². The summed E-state index contributed by atoms with van der Waals surface area (Å²) in [4.78, 5) is 26.8. The monoisotopic (exact) mass is 268 g/mol. The minimum atomic E-state index is -1.01. The molecule has 104 valence electrons. The number of hydrogen-bond donors (Lipinski definition) is 1. The molecule has 0 aromatic carbocycles. The number of nitro groups is 1. The maximum Gasteiger partial charge on any atom is 0.406 e. The van der Waals surface area contributed by atoms with Gasteiger partial charge in [-0.15, -0.1) is 0 Å². The molecule has 0 spiro atoms. The van der Waals surface area contributed by atoms with Gasteiger partial charge in [0.2, 0.25) is 11.6 Å². The molecule has 8 heteroatoms. The number of imidazole rings is 1. The number of carboxylic acid groups (broad SMARTS) is 1. The molecule has 8 nitrogen and oxygen atoms in total. The Labute approximate surface area is 109 Å². The van der Waals surface area contributed by atoms with E-state index in [4.69, 9.17) is 5.11 Å². The summed E-state index contributed by atoms with van der Waals surface area (Å²) in [6, 6.07) is 0. The van der Waals surface area contributed by atoms with Crippen molar-refractivity contribution in [1.29, 1.82) is 0 Å². The first-order chi connectivity index (χ1) is 8.90. The zero-order valence-electron chi connectivity index (χ0n) is 10.9. The van der Waals surface area contributed by atoms with Crippen molar-refractivity contribution in [2.45, 2.75) is 19.8 Å². The van der Waals surface area contributed by atoms with Crippen molar-refractivity contribution >= 4 is 17.6 Å². The van der Waals surface area contributed by atoms with E-state index < -0.39 is 10.9 Å². The van der Waals surface area contributed by atoms with Gasteiger partial charge in [-0.25, -0.2) is 0 Å². The standard InChI is InChI=1S/C11H16N4O4/c1-7-12-10(15(18)19)11(13(7)2)14(6-9(16)17)5-8-3-4-8/h8H,3-6H2,1-2H3,(H,16,17). The van der Waals surface area contributed by atoms with Crippen LogP contribution in [-0.4, -0.2) is 38.6 Å². The second kappa shape index (κ2) is 4.87. The quantitative estimate of drug-likeness (QED) is 0.608. The van der Waals surface area contributed by atoms with Crippen LogP contribution in [0.2, 0.25) is 0 Å². The Bertz CT molecular complexity index is 521. The lowest BCUT2D eigenvalue weighted by Gasteiger charge is -2.21. The number of aliphatic carboxylic acids is 1. The third kappa shape index (κ3) is 2.83. The minimum Gasteiger partial charge on any atom is -0.480 e. The lowest BCUT2D eigenvalue weighted by atomic mass is 10.3. The van der Waals surface area contributed by atoms with E-state index in [0.29, 0.717) is 18.3 Å². The van der Waals surface area contributed by atoms with Crippen LogP contribution in [0.15, 0.2) is 0 Å². The highest BCUT2D eigenvalue weighted by Crippen LogP contribution is 2.34. The normalized spacial score (nSPS) is 14.4. The fourth-order valence-corrected chi connectivity index (χ4v) is 2.06. The van der Waals surface area contributed by atoms with Crippen molar-refractivity contribution in [3.63, 3.8) is 0 Å². The molecule has 0 unspecified atom stereocenters. The van der Waals surface area contributed by atoms with Gasteiger partial charge in [-0.3, -0.25) is 9.36 Å². The third-order valence-electron chi connectivity index (χ3n) is 3.24. The topological polar surface area (TPSA) is 102 Å². The van der Waals surface area contributed by atoms with Crippen molar-refractivity contribution in [3.8, 4) is 0 Å². The number of carboxylic acids is 1. The predicted octanol–water partition coefficient (Wildman–Crippen LogP) is 0.938. The Morgan fingerprint density at radius 1 is 1.63 bits per heavy atom. The van der Waals surface area contributed by atoms with Crippen molar-refractivity contribution in [3.05, 3.63) is 15.9 Å². The maximum atomic E-state index is 11.0. The number of carbonyl (C=O) groups is 1. The first-order valence-electron chi connectivity index (χ1n) is 6.04. The van der Waals surface area contributed by atoms with Gasteiger partial charge >= 0.3 is 11.8 Å². The van der Waals surface area contributed by atoms with Crippen LogP contribution in [0.25, 0.3) is 0 Å². The predicted molar refractivity (Wildman–Crippen MR) is 67.2 cm³/mol. The van der Waals surface area contributed by atoms with E-state index in [2.05, 4.69) is 4.98 Å². The number of aromatic nitrogens is 2. The molecule has 0 radical (unpaired) electrons. The summed E-state index contributed by atoms with van der Waals surface area (Å²) in [5, 5.41) is 20.0. The Balaban J connectivity index is 2.38. The van der Waals surface area contributed by atoms with E-state index in [-0.39, 0.29) is 18.2 Å². The molecule has 0 bridgehead atoms. The molecule has 1 saturated carbocycles. The highest BCUT2D eigenvalue weighted by Gasteiger charge is 2.33. The Morgan fingerprint density at radius 3 is 2.74 bits per heavy atom. The van der Waals surface area contributed by atoms with Crippen LogP contribution in [0.4, 0.5) is 11.6 Å². The number of nitrogens with zero attached hydrogens (tertiary/aromatic N) is 4. The number of rotatable bonds is 6. The summed E-state index contributed by atoms with van der Waals surface area (Å²) in [6.45, 7) is 1.93. The minimum absolute atomic E-state index is 0.254. The summed E-state index contributed by atoms with van der Waals surface area (Å²) in [6.07, 6.45) is 2.08. The fourth-order valence-electron chi connectivity index (χ4n) is 2.06. The fraction of sp³-hybridized carbons (Fsp3) is 0.636. The van der Waals surface area contributed by atoms with Crippen LogP contribution >= 0.6 is 0 Å². The van der Waals surface area contributed by atoms with Gasteiger partial charge < -0.3 is 20.1 Å². The second-order valence-electron chi connectivity index (χ2n) is 4.84. The van der Waals surface area contributed by atoms with E-state index in [1.165, 1.54) is 4.90 Å². The van der Waals surface area contributed by atoms with Gasteiger partial charge in [0.15, 0.2) is 0 Å². The van der Waals surface area contributed by atoms with Crippen molar-refractivity contribution in [2.75, 3.05) is 18.0 Å². The average Bonchev–Trinajstić information content (AvgIpc) is 3.05. The van der Waals surface area contributed by atoms with Crippen molar-refractivity contribution in [2.24, 2.45) is 13.0 Å². The van der Waals surface area contributed by atoms with Crippen molar-refractivity contribution in [1.82, 2.24) is 9.55 Å². The molecule has 0 amide bonds. The molecule has 1 aromatic heterocycles. The summed E-state index contributed by atoms with van der Waals surface area (Å²) in [5.41, 5.74) is 0. The molecule has 0 atom stereocenters. The lowest BCUT2D eigenvalue weighted by Crippen LogP contribution is -2.33. The summed E-state index contributed by atoms with van der Waals surface area (Å²) in [5.74, 6) is -0.0884. The molecule has 1 heterocycles. The molecular formula is C11H16N4O4. The average molecular weight is 268 g/mol. The molecule has 1 N–H and O–H groups in total. The smallest absolute Gasteiger partial charge is 0.406 e. The third-order valence-corrected chi connectivity index (χ3v) is 3.24. The summed E-state index contributed by atoms with van der Waals surface area (Å²) in [7, 11) is 1.66. The number of aryl methyl sites for hydroxylation is 1. The Morgan fingerprint density at radius 2 is 2.26 bits per heavy atom. The van der Waals surface area contributed by atoms with Crippen LogP contribution in [0.5, 0.6) is 0 Å². The Hall–Kier alpha value is -2.12. The van der Waals surface area contributed by atoms with Gasteiger partial charge in [0.05, 0.1) is 0 Å². The van der Waals surface area contributed by atoms with Crippen LogP contribution < -0.4 is 4.90 Å². The van der Waals surface area contributed by atoms with Crippen LogP contribution in [0.1, 0.15) is 18.7 Å². The molecular weight excluding hydrogens is 252 g/mol. The summed E-state index contributed by atoms with van der Waals surface area (Å²) >= 11 is 0. The molecule has 1 aromatic rings. The summed E-state index contributed by atoms with van der Waals surface area (Å²) < 4.78 is 1.57. The SMILES string of the molecule is Cc1nc([N+](=O)[O-])c(N(CC(=O)O)CC2CC2)n1C. The van der Waals surface area contributed by atoms with Gasteiger partial charge in [0.25, 0.3) is 0 Å². The van der Waals surface area contributed by atoms with Gasteiger partial charge in [-0.2, -0.15) is 0 Å². The molecule has 19 heavy (non-hydrogen) atoms. The second-order valence-corrected chi connectivity index (χ2v) is 4.84. The van der Waals surface area contributed by atoms with E-state index in [1.807, 2.05) is 0 Å². The van der Waals surface area contributed by atoms with E-state index in [9.17, 15) is 14.9 Å². The Kier molecular flexibility index (Phi) is 3.41. The first-order valence-corrected chi connectivity index (χ1v) is 6.04. The van der Waals surface area contributed by atoms with E-state index in [1.54, 1.807) is 18.5 Å². The first kappa shape index (κ1) is 13.3. The van der Waals surface area contributed by atoms with Gasteiger partial charge in [0, 0.05) is 20.5 Å². The molecule has 1 fully saturated rings. The van der Waals surface area contributed by atoms with E-state index in [0.717, 1.165) is 12.8 Å². The largest absolute Gasteiger partial charge is 0.480 e. The zero-order valence-corrected chi connectivity index (χ0v) is 10.9. The lowest BCUT2D eigenvalue weighted by molar-refractivity contribution is -0.388. The number of anilines is 1. The molecule has 0 aliphatic heterocycles. The maximum absolute atomic E-state index is 11.0. The molecule has 0 saturated heterocycles. The molecule has 1 aliphatic carbocycles.